The van der Waals surface area contributed by atoms with E-state index in [1.807, 2.05) is 23.1 Å². The number of anilines is 2. The minimum Gasteiger partial charge on any atom is -0.488 e. The summed E-state index contributed by atoms with van der Waals surface area (Å²) in [6.45, 7) is 1.66. The Hall–Kier alpha value is -3.07. The van der Waals surface area contributed by atoms with Crippen LogP contribution in [-0.2, 0) is 6.54 Å². The lowest BCUT2D eigenvalue weighted by Crippen LogP contribution is -2.42. The number of nitrogens with one attached hydrogen (secondary N) is 1. The molecule has 0 spiro atoms. The third-order valence-electron chi connectivity index (χ3n) is 6.41. The minimum atomic E-state index is -2.71. The van der Waals surface area contributed by atoms with Gasteiger partial charge in [0.25, 0.3) is 11.8 Å². The Kier molecular flexibility index (Phi) is 5.74. The van der Waals surface area contributed by atoms with Gasteiger partial charge in [-0.1, -0.05) is 0 Å². The van der Waals surface area contributed by atoms with Crippen molar-refractivity contribution >= 4 is 23.7 Å². The topological polar surface area (TPSA) is 74.8 Å². The standard InChI is InChI=1S/C24H26F2N4O3/c25-24(26)5-7-29(8-6-24)23(32)18-12-21-22(28-14-18)30(9-10-33-21)20-4-1-16(15-31)17(11-20)13-27-19-2-3-19/h1,4,11-12,14-15,19,27H,2-3,5-10,13H2. The Morgan fingerprint density at radius 2 is 2.00 bits per heavy atom. The maximum absolute atomic E-state index is 13.4. The van der Waals surface area contributed by atoms with Gasteiger partial charge in [0.1, 0.15) is 12.9 Å². The number of pyridine rings is 1. The van der Waals surface area contributed by atoms with E-state index in [4.69, 9.17) is 4.74 Å². The molecule has 0 radical (unpaired) electrons. The number of nitrogens with zero attached hydrogens (tertiary/aromatic N) is 3. The van der Waals surface area contributed by atoms with Crippen molar-refractivity contribution in [2.45, 2.75) is 44.2 Å². The van der Waals surface area contributed by atoms with E-state index in [1.165, 1.54) is 11.1 Å². The van der Waals surface area contributed by atoms with Gasteiger partial charge in [0.2, 0.25) is 0 Å². The monoisotopic (exact) mass is 456 g/mol. The maximum Gasteiger partial charge on any atom is 0.255 e. The Morgan fingerprint density at radius 1 is 1.21 bits per heavy atom. The zero-order chi connectivity index (χ0) is 23.0. The summed E-state index contributed by atoms with van der Waals surface area (Å²) >= 11 is 0. The predicted molar refractivity (Wildman–Crippen MR) is 119 cm³/mol. The molecule has 1 aliphatic carbocycles. The molecule has 5 rings (SSSR count). The predicted octanol–water partition coefficient (Wildman–Crippen LogP) is 3.55. The van der Waals surface area contributed by atoms with Crippen LogP contribution in [0.4, 0.5) is 20.3 Å². The molecule has 1 saturated carbocycles. The minimum absolute atomic E-state index is 0.0245. The molecule has 2 aliphatic heterocycles. The Labute approximate surface area is 190 Å². The van der Waals surface area contributed by atoms with E-state index >= 15 is 0 Å². The van der Waals surface area contributed by atoms with Gasteiger partial charge in [-0.05, 0) is 42.7 Å². The van der Waals surface area contributed by atoms with Crippen LogP contribution in [0.5, 0.6) is 5.75 Å². The average molecular weight is 456 g/mol. The number of aldehydes is 1. The van der Waals surface area contributed by atoms with Gasteiger partial charge in [-0.15, -0.1) is 0 Å². The zero-order valence-electron chi connectivity index (χ0n) is 18.2. The van der Waals surface area contributed by atoms with Crippen LogP contribution in [0, 0.1) is 0 Å². The number of hydrogen-bond acceptors (Lipinski definition) is 6. The third kappa shape index (κ3) is 4.68. The van der Waals surface area contributed by atoms with Crippen LogP contribution in [0.15, 0.2) is 30.5 Å². The fourth-order valence-electron chi connectivity index (χ4n) is 4.26. The highest BCUT2D eigenvalue weighted by atomic mass is 19.3. The molecule has 1 aromatic carbocycles. The first-order valence-corrected chi connectivity index (χ1v) is 11.3. The SMILES string of the molecule is O=Cc1ccc(N2CCOc3cc(C(=O)N4CCC(F)(F)CC4)cnc32)cc1CNC1CC1. The molecule has 1 aromatic heterocycles. The molecule has 1 saturated heterocycles. The fraction of sp³-hybridized carbons (Fsp3) is 0.458. The lowest BCUT2D eigenvalue weighted by molar-refractivity contribution is -0.0494. The van der Waals surface area contributed by atoms with E-state index in [2.05, 4.69) is 10.3 Å². The molecule has 0 unspecified atom stereocenters. The Morgan fingerprint density at radius 3 is 2.73 bits per heavy atom. The molecule has 33 heavy (non-hydrogen) atoms. The van der Waals surface area contributed by atoms with Gasteiger partial charge in [-0.2, -0.15) is 0 Å². The Bertz CT molecular complexity index is 1060. The summed E-state index contributed by atoms with van der Waals surface area (Å²) in [5.41, 5.74) is 2.80. The van der Waals surface area contributed by atoms with Gasteiger partial charge in [0, 0.05) is 56.0 Å². The normalized spacial score (nSPS) is 19.6. The average Bonchev–Trinajstić information content (AvgIpc) is 3.66. The van der Waals surface area contributed by atoms with E-state index < -0.39 is 5.92 Å². The number of aromatic nitrogens is 1. The summed E-state index contributed by atoms with van der Waals surface area (Å²) in [6, 6.07) is 7.85. The van der Waals surface area contributed by atoms with Crippen molar-refractivity contribution in [3.05, 3.63) is 47.2 Å². The van der Waals surface area contributed by atoms with Gasteiger partial charge in [-0.3, -0.25) is 9.59 Å². The molecule has 3 heterocycles. The number of amides is 1. The second kappa shape index (κ2) is 8.70. The lowest BCUT2D eigenvalue weighted by Gasteiger charge is -2.33. The number of carbonyl (C=O) groups is 2. The summed E-state index contributed by atoms with van der Waals surface area (Å²) in [7, 11) is 0. The zero-order valence-corrected chi connectivity index (χ0v) is 18.2. The van der Waals surface area contributed by atoms with E-state index in [1.54, 1.807) is 6.07 Å². The molecule has 3 aliphatic rings. The van der Waals surface area contributed by atoms with Crippen LogP contribution < -0.4 is 15.0 Å². The number of piperidine rings is 1. The molecule has 9 heteroatoms. The van der Waals surface area contributed by atoms with Gasteiger partial charge >= 0.3 is 0 Å². The van der Waals surface area contributed by atoms with Crippen molar-refractivity contribution in [2.75, 3.05) is 31.1 Å². The number of likely N-dealkylation sites (tertiary alicyclic amines) is 1. The van der Waals surface area contributed by atoms with Crippen LogP contribution in [0.25, 0.3) is 0 Å². The molecule has 2 aromatic rings. The van der Waals surface area contributed by atoms with Crippen LogP contribution >= 0.6 is 0 Å². The largest absolute Gasteiger partial charge is 0.488 e. The van der Waals surface area contributed by atoms with Gasteiger partial charge in [-0.25, -0.2) is 13.8 Å². The second-order valence-corrected chi connectivity index (χ2v) is 8.85. The summed E-state index contributed by atoms with van der Waals surface area (Å²) in [5, 5.41) is 3.45. The lowest BCUT2D eigenvalue weighted by atomic mass is 10.1. The van der Waals surface area contributed by atoms with Gasteiger partial charge < -0.3 is 19.9 Å². The van der Waals surface area contributed by atoms with E-state index in [-0.39, 0.29) is 31.8 Å². The van der Waals surface area contributed by atoms with Gasteiger partial charge in [0.05, 0.1) is 12.1 Å². The van der Waals surface area contributed by atoms with Crippen LogP contribution in [0.2, 0.25) is 0 Å². The summed E-state index contributed by atoms with van der Waals surface area (Å²) in [5.74, 6) is -1.96. The highest BCUT2D eigenvalue weighted by Gasteiger charge is 2.36. The molecule has 0 bridgehead atoms. The Balaban J connectivity index is 1.37. The van der Waals surface area contributed by atoms with Crippen molar-refractivity contribution < 1.29 is 23.1 Å². The molecule has 1 N–H and O–H groups in total. The first-order chi connectivity index (χ1) is 15.9. The number of ether oxygens (including phenoxy) is 1. The summed E-state index contributed by atoms with van der Waals surface area (Å²) < 4.78 is 32.7. The van der Waals surface area contributed by atoms with E-state index in [0.717, 1.165) is 30.4 Å². The van der Waals surface area contributed by atoms with E-state index in [0.29, 0.717) is 48.4 Å². The van der Waals surface area contributed by atoms with Crippen LogP contribution in [0.3, 0.4) is 0 Å². The van der Waals surface area contributed by atoms with Crippen molar-refractivity contribution in [1.82, 2.24) is 15.2 Å². The molecular formula is C24H26F2N4O3. The number of rotatable bonds is 6. The number of fused-ring (bicyclic) bond motifs is 1. The molecule has 174 valence electrons. The van der Waals surface area contributed by atoms with Crippen molar-refractivity contribution in [3.63, 3.8) is 0 Å². The first-order valence-electron chi connectivity index (χ1n) is 11.3. The number of halogens is 2. The van der Waals surface area contributed by atoms with Crippen molar-refractivity contribution in [1.29, 1.82) is 0 Å². The summed E-state index contributed by atoms with van der Waals surface area (Å²) in [4.78, 5) is 32.3. The van der Waals surface area contributed by atoms with Gasteiger partial charge in [0.15, 0.2) is 11.6 Å². The number of carbonyl (C=O) groups excluding carboxylic acids is 2. The molecule has 2 fully saturated rings. The molecule has 7 nitrogen and oxygen atoms in total. The first kappa shape index (κ1) is 21.8. The highest BCUT2D eigenvalue weighted by molar-refractivity contribution is 5.95. The summed E-state index contributed by atoms with van der Waals surface area (Å²) in [6.07, 6.45) is 4.03. The number of hydrogen-bond donors (Lipinski definition) is 1. The number of alkyl halides is 2. The third-order valence-corrected chi connectivity index (χ3v) is 6.41. The fourth-order valence-corrected chi connectivity index (χ4v) is 4.26. The smallest absolute Gasteiger partial charge is 0.255 e. The molecular weight excluding hydrogens is 430 g/mol. The van der Waals surface area contributed by atoms with Crippen LogP contribution in [-0.4, -0.2) is 60.3 Å². The van der Waals surface area contributed by atoms with Crippen molar-refractivity contribution in [3.8, 4) is 5.75 Å². The number of benzene rings is 1. The van der Waals surface area contributed by atoms with Crippen molar-refractivity contribution in [2.24, 2.45) is 0 Å². The maximum atomic E-state index is 13.4. The van der Waals surface area contributed by atoms with E-state index in [9.17, 15) is 18.4 Å². The van der Waals surface area contributed by atoms with Crippen LogP contribution in [0.1, 0.15) is 52.0 Å². The molecule has 1 amide bonds. The quantitative estimate of drug-likeness (QED) is 0.671. The molecule has 0 atom stereocenters. The highest BCUT2D eigenvalue weighted by Crippen LogP contribution is 2.36. The second-order valence-electron chi connectivity index (χ2n) is 8.85.